The van der Waals surface area contributed by atoms with Crippen LogP contribution in [-0.2, 0) is 6.18 Å². The van der Waals surface area contributed by atoms with Crippen LogP contribution in [0.2, 0.25) is 0 Å². The summed E-state index contributed by atoms with van der Waals surface area (Å²) in [6, 6.07) is 4.28. The van der Waals surface area contributed by atoms with E-state index in [9.17, 15) is 18.3 Å². The molecule has 0 fully saturated rings. The Bertz CT molecular complexity index is 294. The lowest BCUT2D eigenvalue weighted by Crippen LogP contribution is -2.05. The van der Waals surface area contributed by atoms with Crippen LogP contribution in [0.15, 0.2) is 24.3 Å². The van der Waals surface area contributed by atoms with Gasteiger partial charge in [0.15, 0.2) is 0 Å². The summed E-state index contributed by atoms with van der Waals surface area (Å²) in [5, 5.41) is 9.21. The number of hydrogen-bond acceptors (Lipinski definition) is 1. The van der Waals surface area contributed by atoms with Gasteiger partial charge in [0.1, 0.15) is 0 Å². The minimum absolute atomic E-state index is 0.0363. The third-order valence-corrected chi connectivity index (χ3v) is 2.06. The van der Waals surface area contributed by atoms with E-state index in [1.807, 2.05) is 0 Å². The Kier molecular flexibility index (Phi) is 3.39. The van der Waals surface area contributed by atoms with Crippen molar-refractivity contribution in [3.05, 3.63) is 35.4 Å². The first-order valence-electron chi connectivity index (χ1n) is 3.86. The van der Waals surface area contributed by atoms with Gasteiger partial charge in [-0.2, -0.15) is 13.2 Å². The first-order chi connectivity index (χ1) is 6.45. The van der Waals surface area contributed by atoms with Gasteiger partial charge in [-0.3, -0.25) is 0 Å². The molecule has 0 aliphatic heterocycles. The van der Waals surface area contributed by atoms with Crippen LogP contribution in [0.5, 0.6) is 0 Å². The zero-order chi connectivity index (χ0) is 10.8. The molecule has 0 spiro atoms. The van der Waals surface area contributed by atoms with Crippen molar-refractivity contribution < 1.29 is 18.3 Å². The molecule has 78 valence electrons. The Morgan fingerprint density at radius 3 is 2.07 bits per heavy atom. The highest BCUT2D eigenvalue weighted by Gasteiger charge is 2.30. The van der Waals surface area contributed by atoms with Crippen LogP contribution in [0.3, 0.4) is 0 Å². The number of aliphatic hydroxyl groups excluding tert-OH is 1. The molecule has 5 heteroatoms. The van der Waals surface area contributed by atoms with Crippen molar-refractivity contribution in [3.63, 3.8) is 0 Å². The summed E-state index contributed by atoms with van der Waals surface area (Å²) in [6.07, 6.45) is -5.26. The molecule has 0 aliphatic carbocycles. The summed E-state index contributed by atoms with van der Waals surface area (Å²) in [5.41, 5.74) is -0.351. The van der Waals surface area contributed by atoms with Gasteiger partial charge < -0.3 is 5.11 Å². The van der Waals surface area contributed by atoms with Crippen LogP contribution < -0.4 is 0 Å². The second-order valence-corrected chi connectivity index (χ2v) is 3.10. The average Bonchev–Trinajstić information content (AvgIpc) is 2.15. The van der Waals surface area contributed by atoms with Gasteiger partial charge in [-0.05, 0) is 17.7 Å². The van der Waals surface area contributed by atoms with Crippen molar-refractivity contribution in [2.45, 2.75) is 12.3 Å². The average molecular weight is 225 g/mol. The molecule has 0 amide bonds. The van der Waals surface area contributed by atoms with E-state index in [0.717, 1.165) is 12.1 Å². The lowest BCUT2D eigenvalue weighted by molar-refractivity contribution is -0.137. The van der Waals surface area contributed by atoms with E-state index >= 15 is 0 Å². The Morgan fingerprint density at radius 2 is 1.71 bits per heavy atom. The first kappa shape index (κ1) is 11.3. The van der Waals surface area contributed by atoms with Gasteiger partial charge in [0.25, 0.3) is 0 Å². The predicted octanol–water partition coefficient (Wildman–Crippen LogP) is 2.98. The fraction of sp³-hybridized carbons (Fsp3) is 0.333. The summed E-state index contributed by atoms with van der Waals surface area (Å²) in [4.78, 5) is 0. The van der Waals surface area contributed by atoms with Crippen LogP contribution in [0, 0.1) is 0 Å². The molecular formula is C9H8ClF3O. The standard InChI is InChI=1S/C9H8ClF3O/c10-5-8(14)6-1-3-7(4-2-6)9(11,12)13/h1-4,8,14H,5H2/t8-/m0/s1. The van der Waals surface area contributed by atoms with Crippen LogP contribution in [-0.4, -0.2) is 11.0 Å². The second-order valence-electron chi connectivity index (χ2n) is 2.79. The quantitative estimate of drug-likeness (QED) is 0.766. The predicted molar refractivity (Wildman–Crippen MR) is 47.1 cm³/mol. The van der Waals surface area contributed by atoms with Crippen LogP contribution >= 0.6 is 11.6 Å². The largest absolute Gasteiger partial charge is 0.416 e. The summed E-state index contributed by atoms with van der Waals surface area (Å²) in [6.45, 7) is 0. The maximum atomic E-state index is 12.1. The minimum atomic E-state index is -4.34. The van der Waals surface area contributed by atoms with Gasteiger partial charge in [0.05, 0.1) is 17.5 Å². The van der Waals surface area contributed by atoms with Gasteiger partial charge in [0.2, 0.25) is 0 Å². The molecule has 0 saturated carbocycles. The van der Waals surface area contributed by atoms with E-state index in [1.54, 1.807) is 0 Å². The summed E-state index contributed by atoms with van der Waals surface area (Å²) >= 11 is 5.34. The molecule has 0 aliphatic rings. The van der Waals surface area contributed by atoms with Crippen molar-refractivity contribution in [3.8, 4) is 0 Å². The van der Waals surface area contributed by atoms with Crippen molar-refractivity contribution in [2.24, 2.45) is 0 Å². The monoisotopic (exact) mass is 224 g/mol. The molecule has 1 rings (SSSR count). The number of rotatable bonds is 2. The van der Waals surface area contributed by atoms with Gasteiger partial charge >= 0.3 is 6.18 Å². The highest BCUT2D eigenvalue weighted by Crippen LogP contribution is 2.29. The van der Waals surface area contributed by atoms with E-state index < -0.39 is 17.8 Å². The maximum absolute atomic E-state index is 12.1. The molecule has 0 radical (unpaired) electrons. The maximum Gasteiger partial charge on any atom is 0.416 e. The van der Waals surface area contributed by atoms with E-state index in [1.165, 1.54) is 12.1 Å². The van der Waals surface area contributed by atoms with Gasteiger partial charge in [0, 0.05) is 0 Å². The molecule has 0 bridgehead atoms. The van der Waals surface area contributed by atoms with Crippen molar-refractivity contribution in [1.82, 2.24) is 0 Å². The Labute approximate surface area is 84.1 Å². The smallest absolute Gasteiger partial charge is 0.387 e. The summed E-state index contributed by atoms with van der Waals surface area (Å²) < 4.78 is 36.3. The topological polar surface area (TPSA) is 20.2 Å². The summed E-state index contributed by atoms with van der Waals surface area (Å²) in [5.74, 6) is -0.0363. The Balaban J connectivity index is 2.89. The second kappa shape index (κ2) is 4.19. The van der Waals surface area contributed by atoms with Gasteiger partial charge in [-0.25, -0.2) is 0 Å². The highest BCUT2D eigenvalue weighted by atomic mass is 35.5. The lowest BCUT2D eigenvalue weighted by atomic mass is 10.1. The Morgan fingerprint density at radius 1 is 1.21 bits per heavy atom. The first-order valence-corrected chi connectivity index (χ1v) is 4.40. The molecule has 0 heterocycles. The third kappa shape index (κ3) is 2.62. The summed E-state index contributed by atoms with van der Waals surface area (Å²) in [7, 11) is 0. The minimum Gasteiger partial charge on any atom is -0.387 e. The molecule has 1 nitrogen and oxygen atoms in total. The molecule has 0 unspecified atom stereocenters. The normalized spacial score (nSPS) is 14.1. The third-order valence-electron chi connectivity index (χ3n) is 1.77. The fourth-order valence-electron chi connectivity index (χ4n) is 0.983. The van der Waals surface area contributed by atoms with E-state index in [2.05, 4.69) is 0 Å². The SMILES string of the molecule is O[C@@H](CCl)c1ccc(C(F)(F)F)cc1. The van der Waals surface area contributed by atoms with Crippen molar-refractivity contribution in [2.75, 3.05) is 5.88 Å². The molecule has 14 heavy (non-hydrogen) atoms. The number of alkyl halides is 4. The number of benzene rings is 1. The van der Waals surface area contributed by atoms with Crippen LogP contribution in [0.25, 0.3) is 0 Å². The molecule has 0 saturated heterocycles. The van der Waals surface area contributed by atoms with Crippen molar-refractivity contribution in [1.29, 1.82) is 0 Å². The van der Waals surface area contributed by atoms with Gasteiger partial charge in [-0.1, -0.05) is 12.1 Å². The Hall–Kier alpha value is -0.740. The van der Waals surface area contributed by atoms with Crippen LogP contribution in [0.4, 0.5) is 13.2 Å². The zero-order valence-electron chi connectivity index (χ0n) is 7.05. The molecule has 0 aromatic heterocycles. The van der Waals surface area contributed by atoms with Gasteiger partial charge in [-0.15, -0.1) is 11.6 Å². The van der Waals surface area contributed by atoms with Crippen molar-refractivity contribution >= 4 is 11.6 Å². The number of halogens is 4. The van der Waals surface area contributed by atoms with E-state index in [4.69, 9.17) is 11.6 Å². The molecular weight excluding hydrogens is 217 g/mol. The molecule has 1 aromatic rings. The van der Waals surface area contributed by atoms with Crippen LogP contribution in [0.1, 0.15) is 17.2 Å². The molecule has 1 atom stereocenters. The molecule has 1 N–H and O–H groups in total. The lowest BCUT2D eigenvalue weighted by Gasteiger charge is -2.09. The number of aliphatic hydroxyl groups is 1. The highest BCUT2D eigenvalue weighted by molar-refractivity contribution is 6.18. The van der Waals surface area contributed by atoms with E-state index in [-0.39, 0.29) is 5.88 Å². The number of hydrogen-bond donors (Lipinski definition) is 1. The van der Waals surface area contributed by atoms with E-state index in [0.29, 0.717) is 5.56 Å². The zero-order valence-corrected chi connectivity index (χ0v) is 7.81. The molecule has 1 aromatic carbocycles. The fourth-order valence-corrected chi connectivity index (χ4v) is 1.16.